The number of ether oxygens (including phenoxy) is 1. The van der Waals surface area contributed by atoms with E-state index in [4.69, 9.17) is 4.74 Å². The number of hydrogen-bond donors (Lipinski definition) is 1. The lowest BCUT2D eigenvalue weighted by Crippen LogP contribution is -2.54. The molecule has 1 unspecified atom stereocenters. The monoisotopic (exact) mass is 420 g/mol. The summed E-state index contributed by atoms with van der Waals surface area (Å²) < 4.78 is 45.6. The minimum Gasteiger partial charge on any atom is -0.383 e. The lowest BCUT2D eigenvalue weighted by molar-refractivity contribution is -0.137. The zero-order valence-electron chi connectivity index (χ0n) is 16.8. The Morgan fingerprint density at radius 3 is 2.87 bits per heavy atom. The van der Waals surface area contributed by atoms with Crippen molar-refractivity contribution in [2.45, 2.75) is 37.5 Å². The molecule has 1 aromatic rings. The van der Waals surface area contributed by atoms with Crippen LogP contribution >= 0.6 is 0 Å². The number of carbonyl (C=O) groups is 1. The fraction of sp³-hybridized carbons (Fsp3) is 0.476. The molecule has 1 amide bonds. The molecule has 0 saturated carbocycles. The molecule has 0 aromatic heterocycles. The van der Waals surface area contributed by atoms with E-state index in [1.807, 2.05) is 6.92 Å². The van der Waals surface area contributed by atoms with Crippen LogP contribution in [-0.2, 0) is 21.1 Å². The number of nitrogens with one attached hydrogen (secondary N) is 1. The standard InChI is InChI=1S/C21H23F3N4O2/c1-3-20(13-5-4-6-14(11-13)21(22,23)24)15-12-25-27-18(15)26-16-7-8-28(9-10-30-2)19(29)17(16)20/h4-6,11-12,18,26H,3,7-10H2,1-2H3/t18?,20-/m1/s1. The molecule has 0 bridgehead atoms. The number of carbonyl (C=O) groups excluding carboxylic acids is 1. The van der Waals surface area contributed by atoms with Crippen LogP contribution in [0.4, 0.5) is 13.2 Å². The van der Waals surface area contributed by atoms with E-state index < -0.39 is 23.3 Å². The number of benzene rings is 1. The second kappa shape index (κ2) is 7.54. The first kappa shape index (κ1) is 20.6. The van der Waals surface area contributed by atoms with Crippen LogP contribution in [0.3, 0.4) is 0 Å². The van der Waals surface area contributed by atoms with E-state index >= 15 is 0 Å². The SMILES string of the molecule is CC[C@@]1(c2cccc(C(F)(F)F)c2)C2=CN=NC2NC2=C1C(=O)N(CCOC)CC2. The Morgan fingerprint density at radius 1 is 1.37 bits per heavy atom. The quantitative estimate of drug-likeness (QED) is 0.789. The summed E-state index contributed by atoms with van der Waals surface area (Å²) in [5.74, 6) is -0.189. The first-order chi connectivity index (χ1) is 14.3. The first-order valence-electron chi connectivity index (χ1n) is 9.89. The maximum atomic E-state index is 13.5. The van der Waals surface area contributed by atoms with Crippen LogP contribution in [0.15, 0.2) is 57.5 Å². The smallest absolute Gasteiger partial charge is 0.383 e. The molecule has 0 spiro atoms. The number of hydrogen-bond acceptors (Lipinski definition) is 5. The lowest BCUT2D eigenvalue weighted by atomic mass is 9.62. The van der Waals surface area contributed by atoms with Crippen molar-refractivity contribution >= 4 is 5.91 Å². The van der Waals surface area contributed by atoms with Gasteiger partial charge in [-0.3, -0.25) is 4.79 Å². The van der Waals surface area contributed by atoms with Gasteiger partial charge in [-0.1, -0.05) is 25.1 Å². The van der Waals surface area contributed by atoms with Crippen LogP contribution in [0.1, 0.15) is 30.9 Å². The highest BCUT2D eigenvalue weighted by Crippen LogP contribution is 2.51. The summed E-state index contributed by atoms with van der Waals surface area (Å²) in [5, 5.41) is 11.5. The van der Waals surface area contributed by atoms with Crippen LogP contribution in [0, 0.1) is 0 Å². The summed E-state index contributed by atoms with van der Waals surface area (Å²) in [6, 6.07) is 5.25. The molecule has 3 aliphatic heterocycles. The zero-order chi connectivity index (χ0) is 21.5. The Labute approximate surface area is 172 Å². The van der Waals surface area contributed by atoms with E-state index in [2.05, 4.69) is 15.5 Å². The Morgan fingerprint density at radius 2 is 2.17 bits per heavy atom. The van der Waals surface area contributed by atoms with Crippen LogP contribution in [0.2, 0.25) is 0 Å². The van der Waals surface area contributed by atoms with E-state index in [0.29, 0.717) is 49.2 Å². The van der Waals surface area contributed by atoms with Gasteiger partial charge in [0.15, 0.2) is 6.17 Å². The van der Waals surface area contributed by atoms with Crippen molar-refractivity contribution in [3.63, 3.8) is 0 Å². The molecule has 3 aliphatic rings. The third-order valence-corrected chi connectivity index (χ3v) is 6.12. The molecule has 2 atom stereocenters. The molecule has 4 rings (SSSR count). The number of amides is 1. The number of halogens is 3. The number of fused-ring (bicyclic) bond motifs is 1. The average Bonchev–Trinajstić information content (AvgIpc) is 3.20. The molecular weight excluding hydrogens is 397 g/mol. The highest BCUT2D eigenvalue weighted by atomic mass is 19.4. The summed E-state index contributed by atoms with van der Waals surface area (Å²) in [6.45, 7) is 3.21. The number of alkyl halides is 3. The molecule has 0 fully saturated rings. The normalized spacial score (nSPS) is 25.8. The Kier molecular flexibility index (Phi) is 5.17. The van der Waals surface area contributed by atoms with Gasteiger partial charge in [0.05, 0.1) is 29.4 Å². The van der Waals surface area contributed by atoms with Gasteiger partial charge in [0.2, 0.25) is 0 Å². The van der Waals surface area contributed by atoms with Gasteiger partial charge in [-0.05, 0) is 18.1 Å². The van der Waals surface area contributed by atoms with E-state index in [9.17, 15) is 18.0 Å². The predicted molar refractivity (Wildman–Crippen MR) is 103 cm³/mol. The van der Waals surface area contributed by atoms with Crippen LogP contribution < -0.4 is 5.32 Å². The minimum absolute atomic E-state index is 0.189. The molecule has 6 nitrogen and oxygen atoms in total. The Balaban J connectivity index is 1.90. The molecule has 3 heterocycles. The third-order valence-electron chi connectivity index (χ3n) is 6.12. The van der Waals surface area contributed by atoms with E-state index in [1.165, 1.54) is 6.07 Å². The van der Waals surface area contributed by atoms with Crippen molar-refractivity contribution in [3.8, 4) is 0 Å². The van der Waals surface area contributed by atoms with Crippen LogP contribution in [0.5, 0.6) is 0 Å². The highest BCUT2D eigenvalue weighted by molar-refractivity contribution is 5.99. The van der Waals surface area contributed by atoms with Crippen molar-refractivity contribution in [1.82, 2.24) is 10.2 Å². The van der Waals surface area contributed by atoms with E-state index in [0.717, 1.165) is 17.8 Å². The summed E-state index contributed by atoms with van der Waals surface area (Å²) in [7, 11) is 1.57. The molecule has 160 valence electrons. The Bertz CT molecular complexity index is 954. The average molecular weight is 420 g/mol. The van der Waals surface area contributed by atoms with Gasteiger partial charge in [0.25, 0.3) is 5.91 Å². The van der Waals surface area contributed by atoms with Gasteiger partial charge in [0.1, 0.15) is 0 Å². The molecule has 1 aromatic carbocycles. The van der Waals surface area contributed by atoms with Gasteiger partial charge < -0.3 is 15.0 Å². The fourth-order valence-corrected chi connectivity index (χ4v) is 4.67. The van der Waals surface area contributed by atoms with Crippen molar-refractivity contribution in [2.75, 3.05) is 26.8 Å². The third kappa shape index (κ3) is 3.12. The van der Waals surface area contributed by atoms with Crippen molar-refractivity contribution in [1.29, 1.82) is 0 Å². The number of rotatable bonds is 5. The van der Waals surface area contributed by atoms with Gasteiger partial charge in [-0.2, -0.15) is 23.4 Å². The molecular formula is C21H23F3N4O2. The van der Waals surface area contributed by atoms with Crippen molar-refractivity contribution < 1.29 is 22.7 Å². The summed E-state index contributed by atoms with van der Waals surface area (Å²) in [6.07, 6.45) is -2.39. The molecule has 9 heteroatoms. The van der Waals surface area contributed by atoms with Gasteiger partial charge in [-0.25, -0.2) is 0 Å². The predicted octanol–water partition coefficient (Wildman–Crippen LogP) is 3.77. The second-order valence-corrected chi connectivity index (χ2v) is 7.59. The van der Waals surface area contributed by atoms with Crippen LogP contribution in [-0.4, -0.2) is 43.8 Å². The van der Waals surface area contributed by atoms with Gasteiger partial charge >= 0.3 is 6.18 Å². The number of azo groups is 1. The summed E-state index contributed by atoms with van der Waals surface area (Å²) in [5.41, 5.74) is 0.581. The lowest BCUT2D eigenvalue weighted by Gasteiger charge is -2.47. The maximum Gasteiger partial charge on any atom is 0.416 e. The first-order valence-corrected chi connectivity index (χ1v) is 9.89. The minimum atomic E-state index is -4.48. The van der Waals surface area contributed by atoms with Crippen molar-refractivity contribution in [3.05, 3.63) is 58.4 Å². The Hall–Kier alpha value is -2.68. The zero-order valence-corrected chi connectivity index (χ0v) is 16.8. The summed E-state index contributed by atoms with van der Waals surface area (Å²) >= 11 is 0. The molecule has 0 saturated heterocycles. The molecule has 30 heavy (non-hydrogen) atoms. The van der Waals surface area contributed by atoms with Crippen LogP contribution in [0.25, 0.3) is 0 Å². The summed E-state index contributed by atoms with van der Waals surface area (Å²) in [4.78, 5) is 15.2. The largest absolute Gasteiger partial charge is 0.416 e. The molecule has 1 N–H and O–H groups in total. The van der Waals surface area contributed by atoms with Gasteiger partial charge in [0, 0.05) is 37.9 Å². The fourth-order valence-electron chi connectivity index (χ4n) is 4.67. The van der Waals surface area contributed by atoms with Gasteiger partial charge in [-0.15, -0.1) is 0 Å². The second-order valence-electron chi connectivity index (χ2n) is 7.59. The van der Waals surface area contributed by atoms with E-state index in [1.54, 1.807) is 24.3 Å². The topological polar surface area (TPSA) is 66.3 Å². The highest BCUT2D eigenvalue weighted by Gasteiger charge is 2.52. The number of nitrogens with zero attached hydrogens (tertiary/aromatic N) is 3. The van der Waals surface area contributed by atoms with E-state index in [-0.39, 0.29) is 5.91 Å². The molecule has 0 aliphatic carbocycles. The van der Waals surface area contributed by atoms with Crippen molar-refractivity contribution in [2.24, 2.45) is 10.2 Å². The maximum absolute atomic E-state index is 13.5. The molecule has 0 radical (unpaired) electrons. The number of methoxy groups -OCH3 is 1.